The van der Waals surface area contributed by atoms with Gasteiger partial charge < -0.3 is 0 Å². The second kappa shape index (κ2) is 3.58. The Hall–Kier alpha value is -1.70. The molecule has 0 aliphatic carbocycles. The lowest BCUT2D eigenvalue weighted by Crippen LogP contribution is -1.81. The number of hydrogen-bond acceptors (Lipinski definition) is 0. The molecule has 0 saturated carbocycles. The highest BCUT2D eigenvalue weighted by Crippen LogP contribution is 2.19. The first-order valence-corrected chi connectivity index (χ1v) is 4.19. The zero-order chi connectivity index (χ0) is 9.97. The van der Waals surface area contributed by atoms with E-state index in [0.29, 0.717) is 5.56 Å². The van der Waals surface area contributed by atoms with Gasteiger partial charge in [-0.05, 0) is 29.3 Å². The van der Waals surface area contributed by atoms with Gasteiger partial charge in [-0.15, -0.1) is 0 Å². The van der Waals surface area contributed by atoms with E-state index in [4.69, 9.17) is 0 Å². The molecule has 0 atom stereocenters. The molecule has 0 heterocycles. The van der Waals surface area contributed by atoms with Gasteiger partial charge in [0.2, 0.25) is 0 Å². The second-order valence-electron chi connectivity index (χ2n) is 2.92. The molecule has 0 nitrogen and oxygen atoms in total. The molecule has 1 radical (unpaired) electrons. The van der Waals surface area contributed by atoms with Crippen molar-refractivity contribution in [3.63, 3.8) is 0 Å². The molecule has 0 spiro atoms. The topological polar surface area (TPSA) is 0 Å². The third-order valence-electron chi connectivity index (χ3n) is 1.91. The summed E-state index contributed by atoms with van der Waals surface area (Å²) in [5.74, 6) is -0.711. The molecular weight excluding hydrogens is 182 g/mol. The predicted molar refractivity (Wildman–Crippen MR) is 50.6 cm³/mol. The molecule has 69 valence electrons. The minimum Gasteiger partial charge on any atom is -0.207 e. The summed E-state index contributed by atoms with van der Waals surface area (Å²) in [4.78, 5) is 0. The fourth-order valence-corrected chi connectivity index (χ4v) is 1.24. The van der Waals surface area contributed by atoms with E-state index in [-0.39, 0.29) is 5.82 Å². The van der Waals surface area contributed by atoms with E-state index in [2.05, 4.69) is 6.07 Å². The average molecular weight is 189 g/mol. The monoisotopic (exact) mass is 189 g/mol. The van der Waals surface area contributed by atoms with Gasteiger partial charge in [-0.3, -0.25) is 0 Å². The smallest absolute Gasteiger partial charge is 0.131 e. The van der Waals surface area contributed by atoms with E-state index in [1.807, 2.05) is 0 Å². The Morgan fingerprint density at radius 1 is 0.857 bits per heavy atom. The summed E-state index contributed by atoms with van der Waals surface area (Å²) < 4.78 is 25.4. The third kappa shape index (κ3) is 1.79. The van der Waals surface area contributed by atoms with Gasteiger partial charge in [0.25, 0.3) is 0 Å². The van der Waals surface area contributed by atoms with Crippen LogP contribution in [0.25, 0.3) is 11.1 Å². The van der Waals surface area contributed by atoms with Crippen molar-refractivity contribution >= 4 is 0 Å². The Morgan fingerprint density at radius 2 is 1.57 bits per heavy atom. The molecule has 0 amide bonds. The van der Waals surface area contributed by atoms with E-state index in [9.17, 15) is 8.78 Å². The SMILES string of the molecule is Fc1[c]c(-c2ccc(F)cc2)ccc1. The van der Waals surface area contributed by atoms with Crippen molar-refractivity contribution in [1.29, 1.82) is 0 Å². The fourth-order valence-electron chi connectivity index (χ4n) is 1.24. The Kier molecular flexibility index (Phi) is 2.27. The van der Waals surface area contributed by atoms with Gasteiger partial charge in [0.1, 0.15) is 11.6 Å². The predicted octanol–water partition coefficient (Wildman–Crippen LogP) is 3.43. The second-order valence-corrected chi connectivity index (χ2v) is 2.92. The van der Waals surface area contributed by atoms with Crippen LogP contribution >= 0.6 is 0 Å². The van der Waals surface area contributed by atoms with Crippen LogP contribution in [0.4, 0.5) is 8.78 Å². The molecule has 0 unspecified atom stereocenters. The lowest BCUT2D eigenvalue weighted by atomic mass is 10.1. The minimum atomic E-state index is -0.410. The van der Waals surface area contributed by atoms with E-state index in [1.165, 1.54) is 18.2 Å². The summed E-state index contributed by atoms with van der Waals surface area (Å²) in [6.07, 6.45) is 0. The standard InChI is InChI=1S/C12H7F2/c13-11-6-4-9(5-7-11)10-2-1-3-12(14)8-10/h1-7H. The summed E-state index contributed by atoms with van der Waals surface area (Å²) in [6.45, 7) is 0. The van der Waals surface area contributed by atoms with E-state index in [0.717, 1.165) is 5.56 Å². The Labute approximate surface area is 80.8 Å². The van der Waals surface area contributed by atoms with Crippen molar-refractivity contribution in [3.05, 3.63) is 60.2 Å². The van der Waals surface area contributed by atoms with Crippen LogP contribution in [0.15, 0.2) is 42.5 Å². The van der Waals surface area contributed by atoms with Crippen LogP contribution < -0.4 is 0 Å². The normalized spacial score (nSPS) is 10.1. The van der Waals surface area contributed by atoms with Crippen LogP contribution in [0.1, 0.15) is 0 Å². The maximum Gasteiger partial charge on any atom is 0.131 e. The van der Waals surface area contributed by atoms with Gasteiger partial charge >= 0.3 is 0 Å². The molecule has 2 heteroatoms. The third-order valence-corrected chi connectivity index (χ3v) is 1.91. The maximum absolute atomic E-state index is 12.8. The number of halogens is 2. The molecule has 0 fully saturated rings. The van der Waals surface area contributed by atoms with Crippen LogP contribution in [-0.2, 0) is 0 Å². The lowest BCUT2D eigenvalue weighted by molar-refractivity contribution is 0.626. The summed E-state index contributed by atoms with van der Waals surface area (Å²) >= 11 is 0. The Morgan fingerprint density at radius 3 is 2.21 bits per heavy atom. The van der Waals surface area contributed by atoms with Crippen molar-refractivity contribution in [2.45, 2.75) is 0 Å². The highest BCUT2D eigenvalue weighted by atomic mass is 19.1. The minimum absolute atomic E-state index is 0.301. The molecule has 14 heavy (non-hydrogen) atoms. The van der Waals surface area contributed by atoms with Crippen molar-refractivity contribution in [2.24, 2.45) is 0 Å². The molecule has 2 rings (SSSR count). The van der Waals surface area contributed by atoms with Crippen molar-refractivity contribution in [1.82, 2.24) is 0 Å². The molecule has 0 saturated heterocycles. The average Bonchev–Trinajstić information content (AvgIpc) is 2.19. The van der Waals surface area contributed by atoms with Crippen LogP contribution in [0, 0.1) is 17.7 Å². The number of benzene rings is 2. The van der Waals surface area contributed by atoms with Crippen molar-refractivity contribution < 1.29 is 8.78 Å². The zero-order valence-electron chi connectivity index (χ0n) is 7.30. The van der Waals surface area contributed by atoms with Gasteiger partial charge in [-0.2, -0.15) is 0 Å². The van der Waals surface area contributed by atoms with Gasteiger partial charge in [-0.1, -0.05) is 24.3 Å². The van der Waals surface area contributed by atoms with Crippen molar-refractivity contribution in [3.8, 4) is 11.1 Å². The van der Waals surface area contributed by atoms with Crippen molar-refractivity contribution in [2.75, 3.05) is 0 Å². The van der Waals surface area contributed by atoms with Crippen LogP contribution in [0.3, 0.4) is 0 Å². The quantitative estimate of drug-likeness (QED) is 0.644. The molecule has 2 aromatic rings. The molecule has 0 aromatic heterocycles. The first-order valence-electron chi connectivity index (χ1n) is 4.19. The van der Waals surface area contributed by atoms with Gasteiger partial charge in [0.05, 0.1) is 0 Å². The summed E-state index contributed by atoms with van der Waals surface area (Å²) in [5.41, 5.74) is 1.39. The summed E-state index contributed by atoms with van der Waals surface area (Å²) in [5, 5.41) is 0. The fraction of sp³-hybridized carbons (Fsp3) is 0. The zero-order valence-corrected chi connectivity index (χ0v) is 7.30. The molecule has 0 N–H and O–H groups in total. The van der Waals surface area contributed by atoms with E-state index < -0.39 is 5.82 Å². The summed E-state index contributed by atoms with van der Waals surface area (Å²) in [6, 6.07) is 13.1. The van der Waals surface area contributed by atoms with Gasteiger partial charge in [-0.25, -0.2) is 8.78 Å². The molecule has 0 aliphatic heterocycles. The largest absolute Gasteiger partial charge is 0.207 e. The van der Waals surface area contributed by atoms with E-state index in [1.54, 1.807) is 24.3 Å². The van der Waals surface area contributed by atoms with E-state index >= 15 is 0 Å². The number of rotatable bonds is 1. The van der Waals surface area contributed by atoms with Gasteiger partial charge in [0, 0.05) is 6.07 Å². The molecule has 0 aliphatic rings. The lowest BCUT2D eigenvalue weighted by Gasteiger charge is -2.00. The highest BCUT2D eigenvalue weighted by Gasteiger charge is 1.99. The molecular formula is C12H7F2. The highest BCUT2D eigenvalue weighted by molar-refractivity contribution is 5.62. The maximum atomic E-state index is 12.8. The Balaban J connectivity index is 2.44. The molecule has 0 bridgehead atoms. The van der Waals surface area contributed by atoms with Crippen LogP contribution in [0.2, 0.25) is 0 Å². The first kappa shape index (κ1) is 8.88. The number of hydrogen-bond donors (Lipinski definition) is 0. The Bertz CT molecular complexity index is 432. The summed E-state index contributed by atoms with van der Waals surface area (Å²) in [7, 11) is 0. The van der Waals surface area contributed by atoms with Crippen LogP contribution in [0.5, 0.6) is 0 Å². The van der Waals surface area contributed by atoms with Gasteiger partial charge in [0.15, 0.2) is 0 Å². The molecule has 2 aromatic carbocycles. The van der Waals surface area contributed by atoms with Crippen LogP contribution in [-0.4, -0.2) is 0 Å². The first-order chi connectivity index (χ1) is 6.75.